The first-order valence-electron chi connectivity index (χ1n) is 7.40. The monoisotopic (exact) mass is 263 g/mol. The minimum atomic E-state index is -0.422. The van der Waals surface area contributed by atoms with Crippen molar-refractivity contribution < 1.29 is 5.11 Å². The second-order valence-electron chi connectivity index (χ2n) is 6.30. The van der Waals surface area contributed by atoms with Crippen molar-refractivity contribution in [2.24, 2.45) is 11.8 Å². The average Bonchev–Trinajstić information content (AvgIpc) is 2.35. The summed E-state index contributed by atoms with van der Waals surface area (Å²) in [5.41, 5.74) is 2.34. The van der Waals surface area contributed by atoms with Gasteiger partial charge in [0.2, 0.25) is 0 Å². The van der Waals surface area contributed by atoms with Crippen molar-refractivity contribution in [3.05, 3.63) is 35.4 Å². The van der Waals surface area contributed by atoms with Crippen LogP contribution in [0.1, 0.15) is 51.8 Å². The molecule has 0 heterocycles. The molecule has 0 bridgehead atoms. The number of hydrogen-bond donors (Lipinski definition) is 2. The molecular formula is C17H29NO. The average molecular weight is 263 g/mol. The highest BCUT2D eigenvalue weighted by Crippen LogP contribution is 2.15. The maximum atomic E-state index is 10.2. The van der Waals surface area contributed by atoms with Gasteiger partial charge in [-0.15, -0.1) is 0 Å². The molecule has 1 aromatic rings. The Morgan fingerprint density at radius 3 is 2.05 bits per heavy atom. The first-order valence-corrected chi connectivity index (χ1v) is 7.40. The highest BCUT2D eigenvalue weighted by molar-refractivity contribution is 5.24. The van der Waals surface area contributed by atoms with Crippen molar-refractivity contribution >= 4 is 0 Å². The van der Waals surface area contributed by atoms with Crippen LogP contribution in [0.15, 0.2) is 24.3 Å². The molecule has 0 saturated carbocycles. The first-order chi connectivity index (χ1) is 8.90. The lowest BCUT2D eigenvalue weighted by atomic mass is 10.00. The van der Waals surface area contributed by atoms with E-state index in [9.17, 15) is 5.11 Å². The van der Waals surface area contributed by atoms with Crippen LogP contribution in [-0.2, 0) is 6.42 Å². The lowest BCUT2D eigenvalue weighted by Crippen LogP contribution is -2.34. The number of hydrogen-bond acceptors (Lipinski definition) is 2. The van der Waals surface area contributed by atoms with Gasteiger partial charge in [0.1, 0.15) is 0 Å². The van der Waals surface area contributed by atoms with Crippen LogP contribution in [0.3, 0.4) is 0 Å². The van der Waals surface area contributed by atoms with Crippen LogP contribution in [0, 0.1) is 11.8 Å². The maximum absolute atomic E-state index is 10.2. The molecule has 1 aromatic carbocycles. The second-order valence-corrected chi connectivity index (χ2v) is 6.30. The van der Waals surface area contributed by atoms with E-state index in [1.807, 2.05) is 12.1 Å². The Morgan fingerprint density at radius 2 is 1.58 bits per heavy atom. The minimum Gasteiger partial charge on any atom is -0.387 e. The summed E-state index contributed by atoms with van der Waals surface area (Å²) in [6.07, 6.45) is 0.674. The van der Waals surface area contributed by atoms with Crippen molar-refractivity contribution in [1.29, 1.82) is 0 Å². The third kappa shape index (κ3) is 5.75. The van der Waals surface area contributed by atoms with E-state index < -0.39 is 6.10 Å². The molecule has 0 aliphatic heterocycles. The minimum absolute atomic E-state index is 0.422. The molecule has 2 heteroatoms. The SMILES string of the molecule is CC(C)Cc1ccc(C(O)CNC(C)C(C)C)cc1. The summed E-state index contributed by atoms with van der Waals surface area (Å²) < 4.78 is 0. The molecule has 1 rings (SSSR count). The van der Waals surface area contributed by atoms with Crippen LogP contribution in [0.2, 0.25) is 0 Å². The van der Waals surface area contributed by atoms with Crippen molar-refractivity contribution in [3.8, 4) is 0 Å². The van der Waals surface area contributed by atoms with E-state index in [0.29, 0.717) is 24.4 Å². The highest BCUT2D eigenvalue weighted by Gasteiger charge is 2.11. The fraction of sp³-hybridized carbons (Fsp3) is 0.647. The Kier molecular flexibility index (Phi) is 6.53. The van der Waals surface area contributed by atoms with E-state index >= 15 is 0 Å². The van der Waals surface area contributed by atoms with E-state index in [0.717, 1.165) is 12.0 Å². The smallest absolute Gasteiger partial charge is 0.0914 e. The largest absolute Gasteiger partial charge is 0.387 e. The van der Waals surface area contributed by atoms with Crippen LogP contribution < -0.4 is 5.32 Å². The fourth-order valence-electron chi connectivity index (χ4n) is 2.00. The van der Waals surface area contributed by atoms with Gasteiger partial charge in [-0.05, 0) is 36.3 Å². The molecule has 0 fully saturated rings. The van der Waals surface area contributed by atoms with Gasteiger partial charge in [-0.3, -0.25) is 0 Å². The maximum Gasteiger partial charge on any atom is 0.0914 e. The summed E-state index contributed by atoms with van der Waals surface area (Å²) in [6, 6.07) is 8.78. The zero-order valence-electron chi connectivity index (χ0n) is 13.0. The molecule has 0 aliphatic rings. The first kappa shape index (κ1) is 16.2. The van der Waals surface area contributed by atoms with Crippen LogP contribution >= 0.6 is 0 Å². The molecule has 2 N–H and O–H groups in total. The molecule has 0 aliphatic carbocycles. The Morgan fingerprint density at radius 1 is 1.00 bits per heavy atom. The molecule has 108 valence electrons. The topological polar surface area (TPSA) is 32.3 Å². The molecule has 19 heavy (non-hydrogen) atoms. The highest BCUT2D eigenvalue weighted by atomic mass is 16.3. The number of aliphatic hydroxyl groups excluding tert-OH is 1. The van der Waals surface area contributed by atoms with E-state index in [1.165, 1.54) is 5.56 Å². The Labute approximate surface area is 118 Å². The van der Waals surface area contributed by atoms with Crippen LogP contribution in [0.25, 0.3) is 0 Å². The predicted octanol–water partition coefficient (Wildman–Crippen LogP) is 3.55. The molecule has 2 atom stereocenters. The number of benzene rings is 1. The molecule has 0 aromatic heterocycles. The second kappa shape index (κ2) is 7.66. The molecule has 0 saturated heterocycles. The number of rotatable bonds is 7. The molecule has 2 unspecified atom stereocenters. The van der Waals surface area contributed by atoms with E-state index in [-0.39, 0.29) is 0 Å². The Hall–Kier alpha value is -0.860. The standard InChI is InChI=1S/C17H29NO/c1-12(2)10-15-6-8-16(9-7-15)17(19)11-18-14(5)13(3)4/h6-9,12-14,17-19H,10-11H2,1-5H3. The molecule has 0 amide bonds. The lowest BCUT2D eigenvalue weighted by molar-refractivity contribution is 0.167. The van der Waals surface area contributed by atoms with Gasteiger partial charge in [0.15, 0.2) is 0 Å². The number of aliphatic hydroxyl groups is 1. The van der Waals surface area contributed by atoms with E-state index in [1.54, 1.807) is 0 Å². The van der Waals surface area contributed by atoms with Crippen LogP contribution in [0.4, 0.5) is 0 Å². The fourth-order valence-corrected chi connectivity index (χ4v) is 2.00. The van der Waals surface area contributed by atoms with Crippen molar-refractivity contribution in [1.82, 2.24) is 5.32 Å². The summed E-state index contributed by atoms with van der Waals surface area (Å²) in [4.78, 5) is 0. The third-order valence-electron chi connectivity index (χ3n) is 3.64. The molecular weight excluding hydrogens is 234 g/mol. The summed E-state index contributed by atoms with van der Waals surface area (Å²) in [5.74, 6) is 1.25. The summed E-state index contributed by atoms with van der Waals surface area (Å²) in [5, 5.41) is 13.5. The van der Waals surface area contributed by atoms with Crippen molar-refractivity contribution in [3.63, 3.8) is 0 Å². The van der Waals surface area contributed by atoms with Gasteiger partial charge >= 0.3 is 0 Å². The Bertz CT molecular complexity index is 356. The van der Waals surface area contributed by atoms with Crippen molar-refractivity contribution in [2.75, 3.05) is 6.54 Å². The lowest BCUT2D eigenvalue weighted by Gasteiger charge is -2.20. The van der Waals surface area contributed by atoms with Gasteiger partial charge in [0, 0.05) is 12.6 Å². The summed E-state index contributed by atoms with van der Waals surface area (Å²) >= 11 is 0. The van der Waals surface area contributed by atoms with Gasteiger partial charge in [-0.1, -0.05) is 52.0 Å². The van der Waals surface area contributed by atoms with Crippen molar-refractivity contribution in [2.45, 2.75) is 53.2 Å². The number of nitrogens with one attached hydrogen (secondary N) is 1. The predicted molar refractivity (Wildman–Crippen MR) is 82.2 cm³/mol. The van der Waals surface area contributed by atoms with Gasteiger partial charge in [0.05, 0.1) is 6.10 Å². The summed E-state index contributed by atoms with van der Waals surface area (Å²) in [7, 11) is 0. The Balaban J connectivity index is 2.50. The zero-order chi connectivity index (χ0) is 14.4. The molecule has 0 spiro atoms. The molecule has 0 radical (unpaired) electrons. The third-order valence-corrected chi connectivity index (χ3v) is 3.64. The van der Waals surface area contributed by atoms with Gasteiger partial charge < -0.3 is 10.4 Å². The molecule has 2 nitrogen and oxygen atoms in total. The van der Waals surface area contributed by atoms with Crippen LogP contribution in [0.5, 0.6) is 0 Å². The quantitative estimate of drug-likeness (QED) is 0.788. The van der Waals surface area contributed by atoms with Gasteiger partial charge in [-0.25, -0.2) is 0 Å². The summed E-state index contributed by atoms with van der Waals surface area (Å²) in [6.45, 7) is 11.6. The van der Waals surface area contributed by atoms with Crippen LogP contribution in [-0.4, -0.2) is 17.7 Å². The van der Waals surface area contributed by atoms with E-state index in [2.05, 4.69) is 52.1 Å². The van der Waals surface area contributed by atoms with Gasteiger partial charge in [-0.2, -0.15) is 0 Å². The zero-order valence-corrected chi connectivity index (χ0v) is 13.0. The normalized spacial score (nSPS) is 14.9. The van der Waals surface area contributed by atoms with Gasteiger partial charge in [0.25, 0.3) is 0 Å². The van der Waals surface area contributed by atoms with E-state index in [4.69, 9.17) is 0 Å².